The Morgan fingerprint density at radius 3 is 2.76 bits per heavy atom. The first-order chi connectivity index (χ1) is 8.08. The fourth-order valence-corrected chi connectivity index (χ4v) is 1.73. The summed E-state index contributed by atoms with van der Waals surface area (Å²) in [5.74, 6) is 0. The molecule has 3 N–H and O–H groups in total. The van der Waals surface area contributed by atoms with Crippen LogP contribution in [-0.2, 0) is 0 Å². The molecule has 0 heterocycles. The zero-order chi connectivity index (χ0) is 12.8. The van der Waals surface area contributed by atoms with Crippen LogP contribution in [0.3, 0.4) is 0 Å². The number of hydrogen-bond donors (Lipinski definition) is 2. The highest BCUT2D eigenvalue weighted by Gasteiger charge is 2.12. The van der Waals surface area contributed by atoms with Gasteiger partial charge < -0.3 is 11.1 Å². The summed E-state index contributed by atoms with van der Waals surface area (Å²) in [6.07, 6.45) is 1.99. The summed E-state index contributed by atoms with van der Waals surface area (Å²) in [5.41, 5.74) is 7.20. The van der Waals surface area contributed by atoms with Crippen LogP contribution in [0.2, 0.25) is 0 Å². The molecule has 94 valence electrons. The van der Waals surface area contributed by atoms with Crippen LogP contribution in [0.15, 0.2) is 18.2 Å². The summed E-state index contributed by atoms with van der Waals surface area (Å²) in [6.45, 7) is 4.34. The molecule has 1 rings (SSSR count). The molecule has 0 fully saturated rings. The maximum atomic E-state index is 10.8. The Hall–Kier alpha value is -1.62. The third-order valence-corrected chi connectivity index (χ3v) is 2.70. The van der Waals surface area contributed by atoms with Crippen molar-refractivity contribution in [1.82, 2.24) is 0 Å². The van der Waals surface area contributed by atoms with Crippen molar-refractivity contribution in [2.45, 2.75) is 32.7 Å². The van der Waals surface area contributed by atoms with Crippen LogP contribution in [0.4, 0.5) is 11.4 Å². The first-order valence-electron chi connectivity index (χ1n) is 5.80. The second-order valence-corrected chi connectivity index (χ2v) is 4.12. The highest BCUT2D eigenvalue weighted by Crippen LogP contribution is 2.23. The van der Waals surface area contributed by atoms with Gasteiger partial charge in [0.05, 0.1) is 4.92 Å². The molecule has 0 saturated heterocycles. The topological polar surface area (TPSA) is 81.2 Å². The second kappa shape index (κ2) is 6.20. The van der Waals surface area contributed by atoms with E-state index in [1.54, 1.807) is 19.1 Å². The maximum absolute atomic E-state index is 10.8. The van der Waals surface area contributed by atoms with E-state index >= 15 is 0 Å². The predicted octanol–water partition coefficient (Wildman–Crippen LogP) is 2.44. The van der Waals surface area contributed by atoms with Gasteiger partial charge >= 0.3 is 0 Å². The van der Waals surface area contributed by atoms with Gasteiger partial charge in [-0.25, -0.2) is 0 Å². The molecule has 0 bridgehead atoms. The molecule has 0 aromatic heterocycles. The standard InChI is InChI=1S/C12H19N3O2/c1-3-4-11(8-13)14-10-6-5-9(2)12(7-10)15(16)17/h5-7,11,14H,3-4,8,13H2,1-2H3. The van der Waals surface area contributed by atoms with Crippen molar-refractivity contribution in [2.75, 3.05) is 11.9 Å². The number of nitro groups is 1. The summed E-state index contributed by atoms with van der Waals surface area (Å²) in [5, 5.41) is 14.0. The lowest BCUT2D eigenvalue weighted by atomic mass is 10.1. The van der Waals surface area contributed by atoms with E-state index in [0.717, 1.165) is 18.5 Å². The number of nitrogens with two attached hydrogens (primary N) is 1. The number of anilines is 1. The van der Waals surface area contributed by atoms with Crippen LogP contribution in [-0.4, -0.2) is 17.5 Å². The smallest absolute Gasteiger partial charge is 0.274 e. The minimum Gasteiger partial charge on any atom is -0.381 e. The van der Waals surface area contributed by atoms with E-state index in [4.69, 9.17) is 5.73 Å². The van der Waals surface area contributed by atoms with Crippen molar-refractivity contribution in [3.05, 3.63) is 33.9 Å². The third-order valence-electron chi connectivity index (χ3n) is 2.70. The lowest BCUT2D eigenvalue weighted by molar-refractivity contribution is -0.385. The molecule has 0 saturated carbocycles. The number of aryl methyl sites for hydroxylation is 1. The Morgan fingerprint density at radius 1 is 1.53 bits per heavy atom. The van der Waals surface area contributed by atoms with Gasteiger partial charge in [-0.3, -0.25) is 10.1 Å². The molecule has 0 aliphatic rings. The Kier molecular flexibility index (Phi) is 4.90. The zero-order valence-electron chi connectivity index (χ0n) is 10.3. The molecule has 0 spiro atoms. The summed E-state index contributed by atoms with van der Waals surface area (Å²) >= 11 is 0. The zero-order valence-corrected chi connectivity index (χ0v) is 10.3. The van der Waals surface area contributed by atoms with Gasteiger partial charge in [0.25, 0.3) is 5.69 Å². The SMILES string of the molecule is CCCC(CN)Nc1ccc(C)c([N+](=O)[O-])c1. The molecule has 17 heavy (non-hydrogen) atoms. The molecule has 0 aliphatic heterocycles. The molecule has 0 aliphatic carbocycles. The summed E-state index contributed by atoms with van der Waals surface area (Å²) in [6, 6.07) is 5.33. The molecular weight excluding hydrogens is 218 g/mol. The lowest BCUT2D eigenvalue weighted by Gasteiger charge is -2.17. The van der Waals surface area contributed by atoms with Crippen molar-refractivity contribution < 1.29 is 4.92 Å². The van der Waals surface area contributed by atoms with Crippen LogP contribution < -0.4 is 11.1 Å². The van der Waals surface area contributed by atoms with Gasteiger partial charge in [0.15, 0.2) is 0 Å². The predicted molar refractivity (Wildman–Crippen MR) is 69.2 cm³/mol. The van der Waals surface area contributed by atoms with Crippen molar-refractivity contribution in [2.24, 2.45) is 5.73 Å². The van der Waals surface area contributed by atoms with E-state index in [1.807, 2.05) is 6.07 Å². The van der Waals surface area contributed by atoms with Crippen molar-refractivity contribution >= 4 is 11.4 Å². The molecular formula is C12H19N3O2. The van der Waals surface area contributed by atoms with Crippen molar-refractivity contribution in [3.8, 4) is 0 Å². The Morgan fingerprint density at radius 2 is 2.24 bits per heavy atom. The van der Waals surface area contributed by atoms with Gasteiger partial charge in [-0.15, -0.1) is 0 Å². The summed E-state index contributed by atoms with van der Waals surface area (Å²) in [4.78, 5) is 10.4. The van der Waals surface area contributed by atoms with E-state index in [-0.39, 0.29) is 16.7 Å². The number of rotatable bonds is 6. The molecule has 1 aromatic carbocycles. The average Bonchev–Trinajstić information content (AvgIpc) is 2.30. The van der Waals surface area contributed by atoms with Crippen LogP contribution in [0.1, 0.15) is 25.3 Å². The quantitative estimate of drug-likeness (QED) is 0.588. The number of benzene rings is 1. The average molecular weight is 237 g/mol. The van der Waals surface area contributed by atoms with E-state index in [1.165, 1.54) is 0 Å². The molecule has 0 radical (unpaired) electrons. The maximum Gasteiger partial charge on any atom is 0.274 e. The second-order valence-electron chi connectivity index (χ2n) is 4.12. The van der Waals surface area contributed by atoms with E-state index in [9.17, 15) is 10.1 Å². The van der Waals surface area contributed by atoms with Gasteiger partial charge in [0.1, 0.15) is 0 Å². The molecule has 1 atom stereocenters. The first kappa shape index (κ1) is 13.4. The molecule has 0 amide bonds. The highest BCUT2D eigenvalue weighted by atomic mass is 16.6. The van der Waals surface area contributed by atoms with E-state index in [0.29, 0.717) is 12.1 Å². The van der Waals surface area contributed by atoms with Crippen LogP contribution >= 0.6 is 0 Å². The molecule has 5 nitrogen and oxygen atoms in total. The fourth-order valence-electron chi connectivity index (χ4n) is 1.73. The van der Waals surface area contributed by atoms with Crippen LogP contribution in [0.5, 0.6) is 0 Å². The fraction of sp³-hybridized carbons (Fsp3) is 0.500. The number of nitrogens with zero attached hydrogens (tertiary/aromatic N) is 1. The van der Waals surface area contributed by atoms with Gasteiger partial charge in [-0.2, -0.15) is 0 Å². The largest absolute Gasteiger partial charge is 0.381 e. The number of nitrogens with one attached hydrogen (secondary N) is 1. The van der Waals surface area contributed by atoms with Gasteiger partial charge in [-0.05, 0) is 19.4 Å². The van der Waals surface area contributed by atoms with Gasteiger partial charge in [-0.1, -0.05) is 19.4 Å². The van der Waals surface area contributed by atoms with Crippen LogP contribution in [0, 0.1) is 17.0 Å². The number of nitro benzene ring substituents is 1. The number of hydrogen-bond acceptors (Lipinski definition) is 4. The molecule has 5 heteroatoms. The Balaban J connectivity index is 2.84. The lowest BCUT2D eigenvalue weighted by Crippen LogP contribution is -2.28. The molecule has 1 aromatic rings. The highest BCUT2D eigenvalue weighted by molar-refractivity contribution is 5.55. The summed E-state index contributed by atoms with van der Waals surface area (Å²) < 4.78 is 0. The minimum atomic E-state index is -0.363. The monoisotopic (exact) mass is 237 g/mol. The van der Waals surface area contributed by atoms with E-state index < -0.39 is 0 Å². The van der Waals surface area contributed by atoms with Gasteiger partial charge in [0.2, 0.25) is 0 Å². The third kappa shape index (κ3) is 3.71. The van der Waals surface area contributed by atoms with Crippen molar-refractivity contribution in [3.63, 3.8) is 0 Å². The summed E-state index contributed by atoms with van der Waals surface area (Å²) in [7, 11) is 0. The Bertz CT molecular complexity index is 393. The van der Waals surface area contributed by atoms with Crippen LogP contribution in [0.25, 0.3) is 0 Å². The van der Waals surface area contributed by atoms with E-state index in [2.05, 4.69) is 12.2 Å². The van der Waals surface area contributed by atoms with Gasteiger partial charge in [0, 0.05) is 29.9 Å². The first-order valence-corrected chi connectivity index (χ1v) is 5.80. The Labute approximate surface area is 101 Å². The minimum absolute atomic E-state index is 0.141. The normalized spacial score (nSPS) is 12.2. The van der Waals surface area contributed by atoms with Crippen molar-refractivity contribution in [1.29, 1.82) is 0 Å². The molecule has 1 unspecified atom stereocenters.